The minimum atomic E-state index is 0.394. The van der Waals surface area contributed by atoms with Crippen LogP contribution in [0.3, 0.4) is 0 Å². The Morgan fingerprint density at radius 2 is 2.19 bits per heavy atom. The molecule has 0 amide bonds. The van der Waals surface area contributed by atoms with Crippen molar-refractivity contribution in [3.63, 3.8) is 0 Å². The highest BCUT2D eigenvalue weighted by atomic mass is 35.5. The molecule has 1 heterocycles. The maximum absolute atomic E-state index is 6.01. The van der Waals surface area contributed by atoms with Crippen molar-refractivity contribution in [2.24, 2.45) is 5.73 Å². The number of hydrogen-bond donors (Lipinski definition) is 1. The molecule has 2 aromatic rings. The van der Waals surface area contributed by atoms with Gasteiger partial charge in [-0.2, -0.15) is 0 Å². The lowest BCUT2D eigenvalue weighted by Crippen LogP contribution is -1.98. The molecule has 0 fully saturated rings. The van der Waals surface area contributed by atoms with E-state index in [2.05, 4.69) is 0 Å². The Hall–Kier alpha value is -1.45. The second-order valence-electron chi connectivity index (χ2n) is 3.33. The molecule has 4 heteroatoms. The minimum Gasteiger partial charge on any atom is -0.486 e. The number of furan rings is 1. The van der Waals surface area contributed by atoms with E-state index in [9.17, 15) is 0 Å². The predicted octanol–water partition coefficient (Wildman–Crippen LogP) is 2.97. The first-order valence-electron chi connectivity index (χ1n) is 4.93. The van der Waals surface area contributed by atoms with Crippen LogP contribution in [0.25, 0.3) is 0 Å². The SMILES string of the molecule is NCc1ccc(OCc2ccco2)cc1Cl. The smallest absolute Gasteiger partial charge is 0.146 e. The van der Waals surface area contributed by atoms with Gasteiger partial charge in [0.2, 0.25) is 0 Å². The van der Waals surface area contributed by atoms with Crippen LogP contribution in [0.2, 0.25) is 5.02 Å². The monoisotopic (exact) mass is 237 g/mol. The van der Waals surface area contributed by atoms with Gasteiger partial charge in [-0.3, -0.25) is 0 Å². The van der Waals surface area contributed by atoms with Crippen LogP contribution in [-0.2, 0) is 13.2 Å². The molecule has 0 unspecified atom stereocenters. The molecule has 2 rings (SSSR count). The van der Waals surface area contributed by atoms with Gasteiger partial charge in [-0.15, -0.1) is 0 Å². The highest BCUT2D eigenvalue weighted by molar-refractivity contribution is 6.31. The van der Waals surface area contributed by atoms with Crippen LogP contribution >= 0.6 is 11.6 Å². The van der Waals surface area contributed by atoms with Crippen LogP contribution in [0.15, 0.2) is 41.0 Å². The molecule has 0 atom stereocenters. The summed E-state index contributed by atoms with van der Waals surface area (Å²) in [6, 6.07) is 9.14. The summed E-state index contributed by atoms with van der Waals surface area (Å²) in [5.41, 5.74) is 6.42. The Bertz CT molecular complexity index is 454. The molecular formula is C12H12ClNO2. The maximum Gasteiger partial charge on any atom is 0.146 e. The first-order chi connectivity index (χ1) is 7.79. The van der Waals surface area contributed by atoms with Crippen molar-refractivity contribution >= 4 is 11.6 Å². The van der Waals surface area contributed by atoms with Gasteiger partial charge >= 0.3 is 0 Å². The van der Waals surface area contributed by atoms with Gasteiger partial charge in [0, 0.05) is 11.6 Å². The molecular weight excluding hydrogens is 226 g/mol. The zero-order valence-corrected chi connectivity index (χ0v) is 9.41. The largest absolute Gasteiger partial charge is 0.486 e. The fourth-order valence-corrected chi connectivity index (χ4v) is 1.58. The summed E-state index contributed by atoms with van der Waals surface area (Å²) in [7, 11) is 0. The summed E-state index contributed by atoms with van der Waals surface area (Å²) in [6.45, 7) is 0.822. The molecule has 0 saturated heterocycles. The lowest BCUT2D eigenvalue weighted by Gasteiger charge is -2.06. The first-order valence-corrected chi connectivity index (χ1v) is 5.31. The van der Waals surface area contributed by atoms with Crippen molar-refractivity contribution in [3.8, 4) is 5.75 Å². The topological polar surface area (TPSA) is 48.4 Å². The predicted molar refractivity (Wildman–Crippen MR) is 62.4 cm³/mol. The third-order valence-electron chi connectivity index (χ3n) is 2.21. The van der Waals surface area contributed by atoms with Gasteiger partial charge < -0.3 is 14.9 Å². The summed E-state index contributed by atoms with van der Waals surface area (Å²) in [6.07, 6.45) is 1.61. The summed E-state index contributed by atoms with van der Waals surface area (Å²) < 4.78 is 10.7. The van der Waals surface area contributed by atoms with E-state index in [0.717, 1.165) is 11.3 Å². The van der Waals surface area contributed by atoms with Crippen molar-refractivity contribution in [1.82, 2.24) is 0 Å². The summed E-state index contributed by atoms with van der Waals surface area (Å²) in [4.78, 5) is 0. The quantitative estimate of drug-likeness (QED) is 0.889. The highest BCUT2D eigenvalue weighted by Crippen LogP contribution is 2.22. The van der Waals surface area contributed by atoms with E-state index in [4.69, 9.17) is 26.5 Å². The molecule has 16 heavy (non-hydrogen) atoms. The second kappa shape index (κ2) is 5.05. The van der Waals surface area contributed by atoms with Gasteiger partial charge in [0.05, 0.1) is 6.26 Å². The average Bonchev–Trinajstić information content (AvgIpc) is 2.79. The van der Waals surface area contributed by atoms with Gasteiger partial charge in [-0.25, -0.2) is 0 Å². The third kappa shape index (κ3) is 2.56. The standard InChI is InChI=1S/C12H12ClNO2/c13-12-6-10(4-3-9(12)7-14)16-8-11-2-1-5-15-11/h1-6H,7-8,14H2. The van der Waals surface area contributed by atoms with Crippen LogP contribution in [0.5, 0.6) is 5.75 Å². The number of halogens is 1. The number of rotatable bonds is 4. The molecule has 0 aliphatic heterocycles. The lowest BCUT2D eigenvalue weighted by molar-refractivity contribution is 0.270. The number of ether oxygens (including phenoxy) is 1. The molecule has 0 saturated carbocycles. The fourth-order valence-electron chi connectivity index (χ4n) is 1.33. The van der Waals surface area contributed by atoms with Crippen molar-refractivity contribution in [1.29, 1.82) is 0 Å². The average molecular weight is 238 g/mol. The van der Waals surface area contributed by atoms with Crippen molar-refractivity contribution in [3.05, 3.63) is 52.9 Å². The molecule has 1 aromatic heterocycles. The van der Waals surface area contributed by atoms with Crippen LogP contribution < -0.4 is 10.5 Å². The fraction of sp³-hybridized carbons (Fsp3) is 0.167. The van der Waals surface area contributed by atoms with E-state index in [1.165, 1.54) is 0 Å². The van der Waals surface area contributed by atoms with E-state index in [1.807, 2.05) is 24.3 Å². The van der Waals surface area contributed by atoms with Gasteiger partial charge in [0.1, 0.15) is 18.1 Å². The molecule has 0 radical (unpaired) electrons. The number of hydrogen-bond acceptors (Lipinski definition) is 3. The normalized spacial score (nSPS) is 10.4. The van der Waals surface area contributed by atoms with E-state index in [1.54, 1.807) is 12.3 Å². The highest BCUT2D eigenvalue weighted by Gasteiger charge is 2.02. The van der Waals surface area contributed by atoms with Gasteiger partial charge in [0.25, 0.3) is 0 Å². The lowest BCUT2D eigenvalue weighted by atomic mass is 10.2. The molecule has 0 bridgehead atoms. The Balaban J connectivity index is 2.02. The van der Waals surface area contributed by atoms with Gasteiger partial charge in [-0.05, 0) is 29.8 Å². The maximum atomic E-state index is 6.01. The number of nitrogens with two attached hydrogens (primary N) is 1. The zero-order chi connectivity index (χ0) is 11.4. The van der Waals surface area contributed by atoms with Crippen molar-refractivity contribution in [2.75, 3.05) is 0 Å². The third-order valence-corrected chi connectivity index (χ3v) is 2.56. The Morgan fingerprint density at radius 1 is 1.31 bits per heavy atom. The Kier molecular flexibility index (Phi) is 3.49. The molecule has 0 aliphatic rings. The summed E-state index contributed by atoms with van der Waals surface area (Å²) in [5, 5.41) is 0.624. The van der Waals surface area contributed by atoms with Crippen LogP contribution in [0.1, 0.15) is 11.3 Å². The minimum absolute atomic E-state index is 0.394. The Labute approximate surface area is 98.8 Å². The van der Waals surface area contributed by atoms with E-state index >= 15 is 0 Å². The summed E-state index contributed by atoms with van der Waals surface area (Å²) in [5.74, 6) is 1.48. The number of benzene rings is 1. The molecule has 2 N–H and O–H groups in total. The van der Waals surface area contributed by atoms with E-state index in [-0.39, 0.29) is 0 Å². The molecule has 84 valence electrons. The second-order valence-corrected chi connectivity index (χ2v) is 3.73. The zero-order valence-electron chi connectivity index (χ0n) is 8.65. The molecule has 0 aliphatic carbocycles. The molecule has 3 nitrogen and oxygen atoms in total. The van der Waals surface area contributed by atoms with Crippen LogP contribution in [-0.4, -0.2) is 0 Å². The first kappa shape index (κ1) is 11.0. The van der Waals surface area contributed by atoms with Gasteiger partial charge in [-0.1, -0.05) is 17.7 Å². The van der Waals surface area contributed by atoms with Crippen molar-refractivity contribution < 1.29 is 9.15 Å². The molecule has 1 aromatic carbocycles. The molecule has 0 spiro atoms. The Morgan fingerprint density at radius 3 is 2.81 bits per heavy atom. The van der Waals surface area contributed by atoms with Gasteiger partial charge in [0.15, 0.2) is 0 Å². The van der Waals surface area contributed by atoms with Crippen molar-refractivity contribution in [2.45, 2.75) is 13.2 Å². The van der Waals surface area contributed by atoms with Crippen LogP contribution in [0.4, 0.5) is 0 Å². The van der Waals surface area contributed by atoms with E-state index < -0.39 is 0 Å². The van der Waals surface area contributed by atoms with E-state index in [0.29, 0.717) is 23.9 Å². The van der Waals surface area contributed by atoms with Crippen LogP contribution in [0, 0.1) is 0 Å². The summed E-state index contributed by atoms with van der Waals surface area (Å²) >= 11 is 6.01.